The molecule has 5 saturated heterocycles. The Hall–Kier alpha value is -2.24. The van der Waals surface area contributed by atoms with Crippen molar-refractivity contribution >= 4 is 0 Å². The molecule has 10 heteroatoms. The van der Waals surface area contributed by atoms with Crippen molar-refractivity contribution in [2.75, 3.05) is 111 Å². The van der Waals surface area contributed by atoms with E-state index in [1.54, 1.807) is 45.6 Å². The topological polar surface area (TPSA) is 32.4 Å². The lowest BCUT2D eigenvalue weighted by atomic mass is 9.72. The number of likely N-dealkylation sites (tertiary alicyclic amines) is 5. The van der Waals surface area contributed by atoms with Gasteiger partial charge >= 0.3 is 0 Å². The van der Waals surface area contributed by atoms with Gasteiger partial charge < -0.3 is 24.5 Å². The number of nitrogens with zero attached hydrogens (tertiary/aromatic N) is 10. The van der Waals surface area contributed by atoms with Gasteiger partial charge in [-0.3, -0.25) is 24.5 Å². The van der Waals surface area contributed by atoms with E-state index in [1.807, 2.05) is 0 Å². The van der Waals surface area contributed by atoms with Crippen molar-refractivity contribution in [2.45, 2.75) is 142 Å². The van der Waals surface area contributed by atoms with E-state index in [4.69, 9.17) is 0 Å². The summed E-state index contributed by atoms with van der Waals surface area (Å²) in [6, 6.07) is 2.15. The molecule has 0 aliphatic carbocycles. The number of rotatable bonds is 10. The van der Waals surface area contributed by atoms with Gasteiger partial charge in [-0.15, -0.1) is 0 Å². The summed E-state index contributed by atoms with van der Waals surface area (Å²) in [5, 5.41) is 0. The van der Waals surface area contributed by atoms with Gasteiger partial charge in [0.2, 0.25) is 0 Å². The Labute approximate surface area is 346 Å². The molecular formula is C47H78N10. The molecule has 0 aromatic carbocycles. The van der Waals surface area contributed by atoms with Crippen LogP contribution >= 0.6 is 0 Å². The standard InChI is InChI=1S/C47H78N10/c1-6-48-33-21-35(50-23-11-12-24-50)37-41(52-27-15-16-28-52)39-43(54-31-19-20-32-54)40-42(53-29-17-18-30-53)38-36(51-25-13-14-26-51)22-34-49(7-2)45(38)56(9-4)47(40)57(10-5)46(39)55(8-3)44(37)48/h35-36,41-43H,6-34H2,1-5H3. The molecule has 0 spiro atoms. The minimum Gasteiger partial charge on any atom is -0.358 e. The summed E-state index contributed by atoms with van der Waals surface area (Å²) in [4.78, 5) is 29.4. The van der Waals surface area contributed by atoms with Gasteiger partial charge in [0.15, 0.2) is 0 Å². The zero-order chi connectivity index (χ0) is 38.8. The highest BCUT2D eigenvalue weighted by molar-refractivity contribution is 5.57. The van der Waals surface area contributed by atoms with Crippen molar-refractivity contribution in [3.63, 3.8) is 0 Å². The van der Waals surface area contributed by atoms with E-state index in [0.717, 1.165) is 32.7 Å². The van der Waals surface area contributed by atoms with E-state index in [2.05, 4.69) is 83.6 Å². The molecule has 0 radical (unpaired) electrons. The molecule has 10 heterocycles. The second-order valence-corrected chi connectivity index (χ2v) is 19.0. The molecule has 0 amide bonds. The van der Waals surface area contributed by atoms with Gasteiger partial charge in [0.25, 0.3) is 0 Å². The van der Waals surface area contributed by atoms with Gasteiger partial charge in [-0.05, 0) is 177 Å². The van der Waals surface area contributed by atoms with Crippen LogP contribution < -0.4 is 0 Å². The van der Waals surface area contributed by atoms with Crippen molar-refractivity contribution in [1.82, 2.24) is 49.0 Å². The van der Waals surface area contributed by atoms with Crippen molar-refractivity contribution in [2.24, 2.45) is 0 Å². The predicted octanol–water partition coefficient (Wildman–Crippen LogP) is 5.61. The molecule has 57 heavy (non-hydrogen) atoms. The summed E-state index contributed by atoms with van der Waals surface area (Å²) in [5.74, 6) is 6.34. The lowest BCUT2D eigenvalue weighted by Crippen LogP contribution is -2.65. The maximum Gasteiger partial charge on any atom is 0.118 e. The van der Waals surface area contributed by atoms with Crippen LogP contribution in [0.1, 0.15) is 112 Å². The normalized spacial score (nSPS) is 33.8. The van der Waals surface area contributed by atoms with E-state index in [1.165, 1.54) is 156 Å². The molecule has 0 aromatic heterocycles. The molecule has 0 saturated carbocycles. The molecule has 10 rings (SSSR count). The highest BCUT2D eigenvalue weighted by Gasteiger charge is 2.58. The van der Waals surface area contributed by atoms with E-state index in [0.29, 0.717) is 30.2 Å². The quantitative estimate of drug-likeness (QED) is 0.279. The minimum atomic E-state index is 0.329. The van der Waals surface area contributed by atoms with Crippen LogP contribution in [0.4, 0.5) is 0 Å². The monoisotopic (exact) mass is 783 g/mol. The van der Waals surface area contributed by atoms with Crippen LogP contribution in [-0.2, 0) is 0 Å². The van der Waals surface area contributed by atoms with Crippen LogP contribution in [0.3, 0.4) is 0 Å². The largest absolute Gasteiger partial charge is 0.358 e. The van der Waals surface area contributed by atoms with Crippen molar-refractivity contribution < 1.29 is 0 Å². The Morgan fingerprint density at radius 3 is 0.895 bits per heavy atom. The number of hydrogen-bond acceptors (Lipinski definition) is 10. The molecular weight excluding hydrogens is 705 g/mol. The molecule has 0 N–H and O–H groups in total. The molecule has 10 nitrogen and oxygen atoms in total. The van der Waals surface area contributed by atoms with Gasteiger partial charge in [0.1, 0.15) is 23.3 Å². The van der Waals surface area contributed by atoms with E-state index < -0.39 is 0 Å². The zero-order valence-corrected chi connectivity index (χ0v) is 36.9. The number of hydrogen-bond donors (Lipinski definition) is 0. The summed E-state index contributed by atoms with van der Waals surface area (Å²) in [6.45, 7) is 32.4. The highest BCUT2D eigenvalue weighted by Crippen LogP contribution is 2.55. The van der Waals surface area contributed by atoms with Gasteiger partial charge in [-0.1, -0.05) is 0 Å². The fourth-order valence-corrected chi connectivity index (χ4v) is 14.1. The van der Waals surface area contributed by atoms with E-state index in [-0.39, 0.29) is 0 Å². The summed E-state index contributed by atoms with van der Waals surface area (Å²) >= 11 is 0. The molecule has 10 aliphatic rings. The summed E-state index contributed by atoms with van der Waals surface area (Å²) < 4.78 is 0. The van der Waals surface area contributed by atoms with Crippen LogP contribution in [-0.4, -0.2) is 190 Å². The van der Waals surface area contributed by atoms with Gasteiger partial charge in [-0.25, -0.2) is 0 Å². The van der Waals surface area contributed by atoms with E-state index >= 15 is 0 Å². The maximum absolute atomic E-state index is 3.05. The Balaban J connectivity index is 1.24. The van der Waals surface area contributed by atoms with Gasteiger partial charge in [0.05, 0.1) is 18.1 Å². The summed E-state index contributed by atoms with van der Waals surface area (Å²) in [5.41, 5.74) is 7.16. The third-order valence-electron chi connectivity index (χ3n) is 16.4. The van der Waals surface area contributed by atoms with Crippen molar-refractivity contribution in [3.8, 4) is 0 Å². The predicted molar refractivity (Wildman–Crippen MR) is 232 cm³/mol. The first-order valence-electron chi connectivity index (χ1n) is 24.6. The molecule has 316 valence electrons. The summed E-state index contributed by atoms with van der Waals surface area (Å²) in [6.07, 6.45) is 16.0. The minimum absolute atomic E-state index is 0.329. The first kappa shape index (κ1) is 38.9. The second-order valence-electron chi connectivity index (χ2n) is 19.0. The Morgan fingerprint density at radius 1 is 0.316 bits per heavy atom. The Kier molecular flexibility index (Phi) is 11.1. The lowest BCUT2D eigenvalue weighted by molar-refractivity contribution is 0.0720. The maximum atomic E-state index is 3.05. The first-order valence-corrected chi connectivity index (χ1v) is 24.6. The van der Waals surface area contributed by atoms with E-state index in [9.17, 15) is 0 Å². The molecule has 4 unspecified atom stereocenters. The average Bonchev–Trinajstić information content (AvgIpc) is 4.11. The highest BCUT2D eigenvalue weighted by atomic mass is 15.5. The molecule has 5 fully saturated rings. The zero-order valence-electron chi connectivity index (χ0n) is 36.9. The molecule has 4 atom stereocenters. The Bertz CT molecular complexity index is 1490. The van der Waals surface area contributed by atoms with Crippen LogP contribution in [0.25, 0.3) is 0 Å². The molecule has 10 aliphatic heterocycles. The van der Waals surface area contributed by atoms with Crippen LogP contribution in [0, 0.1) is 0 Å². The van der Waals surface area contributed by atoms with Crippen molar-refractivity contribution in [3.05, 3.63) is 45.6 Å². The van der Waals surface area contributed by atoms with Crippen LogP contribution in [0.15, 0.2) is 45.6 Å². The molecule has 0 aromatic rings. The van der Waals surface area contributed by atoms with Crippen LogP contribution in [0.2, 0.25) is 0 Å². The smallest absolute Gasteiger partial charge is 0.118 e. The van der Waals surface area contributed by atoms with Crippen molar-refractivity contribution in [1.29, 1.82) is 0 Å². The summed E-state index contributed by atoms with van der Waals surface area (Å²) in [7, 11) is 0. The fraction of sp³-hybridized carbons (Fsp3) is 0.830. The average molecular weight is 783 g/mol. The third kappa shape index (κ3) is 6.17. The fourth-order valence-electron chi connectivity index (χ4n) is 14.1. The SMILES string of the molecule is CCN1CCC(N2CCCC2)C2=C1N(CC)C1=C(C2N2CCCC2)C(N2CCCC2)C2=C(N(CC)C3=C(C(N4CCCC4)CCN3CC)C2N2CCCC2)N1CC. The van der Waals surface area contributed by atoms with Gasteiger partial charge in [-0.2, -0.15) is 0 Å². The van der Waals surface area contributed by atoms with Crippen LogP contribution in [0.5, 0.6) is 0 Å². The second kappa shape index (κ2) is 16.3. The Morgan fingerprint density at radius 2 is 0.596 bits per heavy atom. The third-order valence-corrected chi connectivity index (χ3v) is 16.4. The lowest BCUT2D eigenvalue weighted by Gasteiger charge is -2.61. The molecule has 0 bridgehead atoms. The van der Waals surface area contributed by atoms with Gasteiger partial charge in [0, 0.05) is 80.2 Å². The first-order chi connectivity index (χ1) is 28.1.